The van der Waals surface area contributed by atoms with Gasteiger partial charge in [-0.15, -0.1) is 0 Å². The van der Waals surface area contributed by atoms with Crippen molar-refractivity contribution in [1.29, 1.82) is 0 Å². The molecule has 122 valence electrons. The number of rotatable bonds is 9. The average Bonchev–Trinajstić information content (AvgIpc) is 2.47. The van der Waals surface area contributed by atoms with Gasteiger partial charge in [-0.1, -0.05) is 0 Å². The summed E-state index contributed by atoms with van der Waals surface area (Å²) in [6.45, 7) is 3.86. The van der Waals surface area contributed by atoms with E-state index in [4.69, 9.17) is 14.6 Å². The van der Waals surface area contributed by atoms with Crippen LogP contribution < -0.4 is 14.8 Å². The summed E-state index contributed by atoms with van der Waals surface area (Å²) in [5.74, 6) is 0.381. The third-order valence-corrected chi connectivity index (χ3v) is 3.31. The Balaban J connectivity index is 2.21. The van der Waals surface area contributed by atoms with Crippen molar-refractivity contribution in [1.82, 2.24) is 5.32 Å². The van der Waals surface area contributed by atoms with Crippen LogP contribution >= 0.6 is 0 Å². The van der Waals surface area contributed by atoms with E-state index in [1.54, 1.807) is 45.2 Å². The average molecular weight is 309 g/mol. The molecule has 0 heterocycles. The van der Waals surface area contributed by atoms with Crippen molar-refractivity contribution in [3.63, 3.8) is 0 Å². The molecular weight excluding hydrogens is 286 g/mol. The van der Waals surface area contributed by atoms with Crippen molar-refractivity contribution in [3.8, 4) is 11.5 Å². The van der Waals surface area contributed by atoms with Crippen molar-refractivity contribution in [2.45, 2.75) is 26.7 Å². The molecule has 0 fully saturated rings. The van der Waals surface area contributed by atoms with Gasteiger partial charge >= 0.3 is 5.97 Å². The number of ether oxygens (including phenoxy) is 2. The Morgan fingerprint density at radius 1 is 1.18 bits per heavy atom. The number of hydrogen-bond donors (Lipinski definition) is 2. The molecule has 0 saturated carbocycles. The van der Waals surface area contributed by atoms with E-state index in [1.807, 2.05) is 0 Å². The number of benzene rings is 1. The Labute approximate surface area is 130 Å². The second-order valence-corrected chi connectivity index (χ2v) is 5.56. The van der Waals surface area contributed by atoms with Crippen molar-refractivity contribution in [2.75, 3.05) is 20.3 Å². The summed E-state index contributed by atoms with van der Waals surface area (Å²) in [5.41, 5.74) is -0.840. The number of methoxy groups -OCH3 is 1. The molecule has 0 saturated heterocycles. The van der Waals surface area contributed by atoms with E-state index in [0.29, 0.717) is 18.7 Å². The molecule has 1 aromatic rings. The molecular formula is C16H23NO5. The SMILES string of the molecule is COc1ccc(OCCC(=O)NCCC(C)(C)C(=O)O)cc1. The minimum Gasteiger partial charge on any atom is -0.497 e. The zero-order chi connectivity index (χ0) is 16.6. The van der Waals surface area contributed by atoms with E-state index in [9.17, 15) is 9.59 Å². The second-order valence-electron chi connectivity index (χ2n) is 5.56. The van der Waals surface area contributed by atoms with Gasteiger partial charge in [-0.25, -0.2) is 0 Å². The number of carboxylic acids is 1. The van der Waals surface area contributed by atoms with Gasteiger partial charge in [0.1, 0.15) is 11.5 Å². The maximum absolute atomic E-state index is 11.6. The van der Waals surface area contributed by atoms with E-state index >= 15 is 0 Å². The van der Waals surface area contributed by atoms with Crippen LogP contribution in [-0.2, 0) is 9.59 Å². The van der Waals surface area contributed by atoms with Crippen LogP contribution in [0, 0.1) is 5.41 Å². The number of carboxylic acid groups (broad SMARTS) is 1. The first-order valence-corrected chi connectivity index (χ1v) is 7.12. The van der Waals surface area contributed by atoms with Crippen LogP contribution in [-0.4, -0.2) is 37.2 Å². The predicted octanol–water partition coefficient (Wildman–Crippen LogP) is 2.08. The fourth-order valence-electron chi connectivity index (χ4n) is 1.64. The molecule has 0 aliphatic rings. The Kier molecular flexibility index (Phi) is 6.69. The minimum atomic E-state index is -0.871. The molecule has 22 heavy (non-hydrogen) atoms. The number of aliphatic carboxylic acids is 1. The van der Waals surface area contributed by atoms with Gasteiger partial charge in [0.2, 0.25) is 5.91 Å². The third kappa shape index (κ3) is 6.03. The Morgan fingerprint density at radius 3 is 2.32 bits per heavy atom. The summed E-state index contributed by atoms with van der Waals surface area (Å²) in [6.07, 6.45) is 0.604. The summed E-state index contributed by atoms with van der Waals surface area (Å²) >= 11 is 0. The monoisotopic (exact) mass is 309 g/mol. The highest BCUT2D eigenvalue weighted by atomic mass is 16.5. The fourth-order valence-corrected chi connectivity index (χ4v) is 1.64. The molecule has 0 bridgehead atoms. The lowest BCUT2D eigenvalue weighted by Gasteiger charge is -2.18. The lowest BCUT2D eigenvalue weighted by Crippen LogP contribution is -2.32. The first-order valence-electron chi connectivity index (χ1n) is 7.12. The summed E-state index contributed by atoms with van der Waals surface area (Å²) in [6, 6.07) is 7.10. The molecule has 6 nitrogen and oxygen atoms in total. The molecule has 0 spiro atoms. The first-order chi connectivity index (χ1) is 10.3. The zero-order valence-electron chi connectivity index (χ0n) is 13.2. The standard InChI is InChI=1S/C16H23NO5/c1-16(2,15(19)20)9-10-17-14(18)8-11-22-13-6-4-12(21-3)5-7-13/h4-7H,8-11H2,1-3H3,(H,17,18)(H,19,20). The molecule has 6 heteroatoms. The maximum atomic E-state index is 11.6. The molecule has 1 amide bonds. The van der Waals surface area contributed by atoms with E-state index in [0.717, 1.165) is 5.75 Å². The summed E-state index contributed by atoms with van der Waals surface area (Å²) in [5, 5.41) is 11.7. The molecule has 1 rings (SSSR count). The smallest absolute Gasteiger partial charge is 0.309 e. The van der Waals surface area contributed by atoms with E-state index in [-0.39, 0.29) is 18.9 Å². The van der Waals surface area contributed by atoms with Crippen molar-refractivity contribution in [3.05, 3.63) is 24.3 Å². The molecule has 0 atom stereocenters. The van der Waals surface area contributed by atoms with Crippen LogP contribution in [0.25, 0.3) is 0 Å². The molecule has 0 unspecified atom stereocenters. The van der Waals surface area contributed by atoms with Crippen molar-refractivity contribution >= 4 is 11.9 Å². The normalized spacial score (nSPS) is 10.9. The Hall–Kier alpha value is -2.24. The molecule has 0 aliphatic heterocycles. The largest absolute Gasteiger partial charge is 0.497 e. The van der Waals surface area contributed by atoms with Gasteiger partial charge in [0.25, 0.3) is 0 Å². The van der Waals surface area contributed by atoms with Crippen LogP contribution in [0.5, 0.6) is 11.5 Å². The van der Waals surface area contributed by atoms with Crippen LogP contribution in [0.3, 0.4) is 0 Å². The highest BCUT2D eigenvalue weighted by molar-refractivity contribution is 5.76. The molecule has 0 radical (unpaired) electrons. The quantitative estimate of drug-likeness (QED) is 0.729. The predicted molar refractivity (Wildman–Crippen MR) is 82.1 cm³/mol. The maximum Gasteiger partial charge on any atom is 0.309 e. The van der Waals surface area contributed by atoms with Gasteiger partial charge in [-0.3, -0.25) is 9.59 Å². The number of amides is 1. The van der Waals surface area contributed by atoms with Gasteiger partial charge in [0.05, 0.1) is 25.6 Å². The van der Waals surface area contributed by atoms with Crippen LogP contribution in [0.4, 0.5) is 0 Å². The number of nitrogens with one attached hydrogen (secondary N) is 1. The van der Waals surface area contributed by atoms with E-state index < -0.39 is 11.4 Å². The van der Waals surface area contributed by atoms with Crippen LogP contribution in [0.2, 0.25) is 0 Å². The van der Waals surface area contributed by atoms with Crippen molar-refractivity contribution < 1.29 is 24.2 Å². The highest BCUT2D eigenvalue weighted by Gasteiger charge is 2.26. The van der Waals surface area contributed by atoms with Crippen LogP contribution in [0.15, 0.2) is 24.3 Å². The first kappa shape index (κ1) is 17.8. The summed E-state index contributed by atoms with van der Waals surface area (Å²) in [4.78, 5) is 22.6. The van der Waals surface area contributed by atoms with E-state index in [2.05, 4.69) is 5.32 Å². The van der Waals surface area contributed by atoms with Gasteiger partial charge < -0.3 is 19.9 Å². The van der Waals surface area contributed by atoms with Gasteiger partial charge in [0, 0.05) is 6.54 Å². The van der Waals surface area contributed by atoms with E-state index in [1.165, 1.54) is 0 Å². The van der Waals surface area contributed by atoms with Gasteiger partial charge in [0.15, 0.2) is 0 Å². The Bertz CT molecular complexity index is 496. The lowest BCUT2D eigenvalue weighted by atomic mass is 9.90. The zero-order valence-corrected chi connectivity index (χ0v) is 13.2. The topological polar surface area (TPSA) is 84.9 Å². The second kappa shape index (κ2) is 8.26. The minimum absolute atomic E-state index is 0.158. The molecule has 0 aliphatic carbocycles. The molecule has 0 aromatic heterocycles. The molecule has 1 aromatic carbocycles. The fraction of sp³-hybridized carbons (Fsp3) is 0.500. The third-order valence-electron chi connectivity index (χ3n) is 3.31. The number of hydrogen-bond acceptors (Lipinski definition) is 4. The summed E-state index contributed by atoms with van der Waals surface area (Å²) < 4.78 is 10.5. The lowest BCUT2D eigenvalue weighted by molar-refractivity contribution is -0.147. The number of carbonyl (C=O) groups excluding carboxylic acids is 1. The van der Waals surface area contributed by atoms with Gasteiger partial charge in [-0.2, -0.15) is 0 Å². The highest BCUT2D eigenvalue weighted by Crippen LogP contribution is 2.19. The molecule has 2 N–H and O–H groups in total. The van der Waals surface area contributed by atoms with Gasteiger partial charge in [-0.05, 0) is 44.5 Å². The Morgan fingerprint density at radius 2 is 1.77 bits per heavy atom. The summed E-state index contributed by atoms with van der Waals surface area (Å²) in [7, 11) is 1.59. The van der Waals surface area contributed by atoms with Crippen LogP contribution in [0.1, 0.15) is 26.7 Å². The number of carbonyl (C=O) groups is 2. The van der Waals surface area contributed by atoms with Crippen molar-refractivity contribution in [2.24, 2.45) is 5.41 Å².